The summed E-state index contributed by atoms with van der Waals surface area (Å²) in [5.41, 5.74) is 1.69. The van der Waals surface area contributed by atoms with Gasteiger partial charge in [-0.05, 0) is 63.4 Å². The lowest BCUT2D eigenvalue weighted by molar-refractivity contribution is -0.129. The molecule has 0 aliphatic carbocycles. The van der Waals surface area contributed by atoms with Gasteiger partial charge in [0.2, 0.25) is 11.8 Å². The van der Waals surface area contributed by atoms with Crippen LogP contribution in [0, 0.1) is 11.7 Å². The number of halogens is 1. The number of piperidine rings is 1. The van der Waals surface area contributed by atoms with Gasteiger partial charge in [0, 0.05) is 12.5 Å². The highest BCUT2D eigenvalue weighted by molar-refractivity contribution is 5.82. The summed E-state index contributed by atoms with van der Waals surface area (Å²) in [5, 5.41) is 6.02. The average molecular weight is 426 g/mol. The van der Waals surface area contributed by atoms with Gasteiger partial charge in [0.15, 0.2) is 0 Å². The lowest BCUT2D eigenvalue weighted by Crippen LogP contribution is -2.50. The molecule has 2 unspecified atom stereocenters. The van der Waals surface area contributed by atoms with Crippen molar-refractivity contribution in [3.8, 4) is 0 Å². The fourth-order valence-electron chi connectivity index (χ4n) is 4.04. The standard InChI is InChI=1S/C25H32FN3O2/c1-18(20-8-4-3-5-9-20)28-24(30)19(2)29-16-13-22(14-17-29)25(31)27-15-12-21-10-6-7-11-23(21)26/h3-11,18-19,22H,12-17H2,1-2H3,(H,27,31)(H,28,30). The summed E-state index contributed by atoms with van der Waals surface area (Å²) in [6.07, 6.45) is 1.92. The van der Waals surface area contributed by atoms with Crippen LogP contribution in [0.2, 0.25) is 0 Å². The molecule has 1 heterocycles. The van der Waals surface area contributed by atoms with Crippen molar-refractivity contribution in [3.63, 3.8) is 0 Å². The predicted molar refractivity (Wildman–Crippen MR) is 120 cm³/mol. The summed E-state index contributed by atoms with van der Waals surface area (Å²) in [4.78, 5) is 27.3. The second-order valence-corrected chi connectivity index (χ2v) is 8.26. The van der Waals surface area contributed by atoms with E-state index in [1.807, 2.05) is 44.2 Å². The van der Waals surface area contributed by atoms with E-state index in [9.17, 15) is 14.0 Å². The van der Waals surface area contributed by atoms with Crippen molar-refractivity contribution in [3.05, 3.63) is 71.5 Å². The molecule has 166 valence electrons. The molecule has 31 heavy (non-hydrogen) atoms. The maximum atomic E-state index is 13.7. The summed E-state index contributed by atoms with van der Waals surface area (Å²) in [6.45, 7) is 5.75. The zero-order valence-corrected chi connectivity index (χ0v) is 18.3. The Morgan fingerprint density at radius 2 is 1.68 bits per heavy atom. The van der Waals surface area contributed by atoms with Crippen LogP contribution in [-0.4, -0.2) is 42.4 Å². The Morgan fingerprint density at radius 1 is 1.03 bits per heavy atom. The van der Waals surface area contributed by atoms with E-state index in [1.165, 1.54) is 6.07 Å². The molecule has 3 rings (SSSR count). The lowest BCUT2D eigenvalue weighted by Gasteiger charge is -2.35. The van der Waals surface area contributed by atoms with Gasteiger partial charge in [0.05, 0.1) is 12.1 Å². The molecule has 2 atom stereocenters. The lowest BCUT2D eigenvalue weighted by atomic mass is 9.94. The minimum atomic E-state index is -0.240. The molecular formula is C25H32FN3O2. The number of nitrogens with one attached hydrogen (secondary N) is 2. The number of carbonyl (C=O) groups is 2. The van der Waals surface area contributed by atoms with E-state index in [2.05, 4.69) is 15.5 Å². The quantitative estimate of drug-likeness (QED) is 0.681. The van der Waals surface area contributed by atoms with Crippen LogP contribution >= 0.6 is 0 Å². The van der Waals surface area contributed by atoms with Crippen molar-refractivity contribution in [2.75, 3.05) is 19.6 Å². The third kappa shape index (κ3) is 6.37. The Hall–Kier alpha value is -2.73. The van der Waals surface area contributed by atoms with Crippen LogP contribution in [-0.2, 0) is 16.0 Å². The number of likely N-dealkylation sites (tertiary alicyclic amines) is 1. The molecule has 0 aromatic heterocycles. The van der Waals surface area contributed by atoms with E-state index in [1.54, 1.807) is 18.2 Å². The molecule has 6 heteroatoms. The molecule has 0 bridgehead atoms. The molecule has 0 saturated carbocycles. The normalized spacial score (nSPS) is 17.0. The van der Waals surface area contributed by atoms with E-state index in [-0.39, 0.29) is 35.6 Å². The molecule has 1 fully saturated rings. The summed E-state index contributed by atoms with van der Waals surface area (Å²) in [5.74, 6) is -0.274. The molecule has 0 radical (unpaired) electrons. The highest BCUT2D eigenvalue weighted by Gasteiger charge is 2.30. The number of nitrogens with zero attached hydrogens (tertiary/aromatic N) is 1. The second kappa shape index (κ2) is 11.0. The molecule has 2 aromatic carbocycles. The number of rotatable bonds is 8. The molecule has 1 saturated heterocycles. The predicted octanol–water partition coefficient (Wildman–Crippen LogP) is 3.46. The van der Waals surface area contributed by atoms with Crippen molar-refractivity contribution in [1.82, 2.24) is 15.5 Å². The van der Waals surface area contributed by atoms with E-state index in [0.29, 0.717) is 31.6 Å². The molecule has 2 aromatic rings. The SMILES string of the molecule is CC(NC(=O)C(C)N1CCC(C(=O)NCCc2ccccc2F)CC1)c1ccccc1. The van der Waals surface area contributed by atoms with Gasteiger partial charge in [-0.3, -0.25) is 14.5 Å². The van der Waals surface area contributed by atoms with Crippen molar-refractivity contribution in [2.24, 2.45) is 5.92 Å². The van der Waals surface area contributed by atoms with Crippen molar-refractivity contribution >= 4 is 11.8 Å². The Balaban J connectivity index is 1.40. The van der Waals surface area contributed by atoms with Gasteiger partial charge in [-0.15, -0.1) is 0 Å². The third-order valence-corrected chi connectivity index (χ3v) is 6.14. The average Bonchev–Trinajstić information content (AvgIpc) is 2.80. The van der Waals surface area contributed by atoms with E-state index < -0.39 is 0 Å². The van der Waals surface area contributed by atoms with Crippen LogP contribution in [0.15, 0.2) is 54.6 Å². The fraction of sp³-hybridized carbons (Fsp3) is 0.440. The Bertz CT molecular complexity index is 866. The molecule has 2 N–H and O–H groups in total. The van der Waals surface area contributed by atoms with E-state index >= 15 is 0 Å². The first kappa shape index (κ1) is 22.9. The Labute approximate surface area is 184 Å². The van der Waals surface area contributed by atoms with Gasteiger partial charge in [-0.2, -0.15) is 0 Å². The Kier molecular flexibility index (Phi) is 8.18. The van der Waals surface area contributed by atoms with Crippen LogP contribution in [0.25, 0.3) is 0 Å². The molecular weight excluding hydrogens is 393 g/mol. The first-order chi connectivity index (χ1) is 15.0. The highest BCUT2D eigenvalue weighted by Crippen LogP contribution is 2.20. The molecule has 1 aliphatic rings. The first-order valence-electron chi connectivity index (χ1n) is 11.1. The van der Waals surface area contributed by atoms with Gasteiger partial charge in [0.1, 0.15) is 5.82 Å². The summed E-state index contributed by atoms with van der Waals surface area (Å²) >= 11 is 0. The fourth-order valence-corrected chi connectivity index (χ4v) is 4.04. The van der Waals surface area contributed by atoms with Gasteiger partial charge >= 0.3 is 0 Å². The number of hydrogen-bond acceptors (Lipinski definition) is 3. The number of benzene rings is 2. The van der Waals surface area contributed by atoms with Gasteiger partial charge in [-0.25, -0.2) is 4.39 Å². The van der Waals surface area contributed by atoms with Gasteiger partial charge < -0.3 is 10.6 Å². The van der Waals surface area contributed by atoms with E-state index in [4.69, 9.17) is 0 Å². The van der Waals surface area contributed by atoms with Crippen LogP contribution in [0.1, 0.15) is 43.9 Å². The minimum Gasteiger partial charge on any atom is -0.356 e. The minimum absolute atomic E-state index is 0.00384. The summed E-state index contributed by atoms with van der Waals surface area (Å²) in [7, 11) is 0. The van der Waals surface area contributed by atoms with Gasteiger partial charge in [0.25, 0.3) is 0 Å². The summed E-state index contributed by atoms with van der Waals surface area (Å²) in [6, 6.07) is 16.3. The number of amides is 2. The smallest absolute Gasteiger partial charge is 0.237 e. The van der Waals surface area contributed by atoms with E-state index in [0.717, 1.165) is 18.4 Å². The largest absolute Gasteiger partial charge is 0.356 e. The van der Waals surface area contributed by atoms with Crippen LogP contribution in [0.3, 0.4) is 0 Å². The maximum Gasteiger partial charge on any atom is 0.237 e. The first-order valence-corrected chi connectivity index (χ1v) is 11.1. The van der Waals surface area contributed by atoms with Crippen molar-refractivity contribution in [2.45, 2.75) is 45.2 Å². The molecule has 2 amide bonds. The van der Waals surface area contributed by atoms with Gasteiger partial charge in [-0.1, -0.05) is 48.5 Å². The van der Waals surface area contributed by atoms with Crippen molar-refractivity contribution in [1.29, 1.82) is 0 Å². The van der Waals surface area contributed by atoms with Crippen LogP contribution in [0.5, 0.6) is 0 Å². The molecule has 5 nitrogen and oxygen atoms in total. The Morgan fingerprint density at radius 3 is 2.35 bits per heavy atom. The maximum absolute atomic E-state index is 13.7. The number of hydrogen-bond donors (Lipinski definition) is 2. The summed E-state index contributed by atoms with van der Waals surface area (Å²) < 4.78 is 13.7. The zero-order chi connectivity index (χ0) is 22.2. The second-order valence-electron chi connectivity index (χ2n) is 8.26. The van der Waals surface area contributed by atoms with Crippen LogP contribution < -0.4 is 10.6 Å². The van der Waals surface area contributed by atoms with Crippen molar-refractivity contribution < 1.29 is 14.0 Å². The zero-order valence-electron chi connectivity index (χ0n) is 18.3. The number of carbonyl (C=O) groups excluding carboxylic acids is 2. The molecule has 0 spiro atoms. The molecule has 1 aliphatic heterocycles. The van der Waals surface area contributed by atoms with Crippen LogP contribution in [0.4, 0.5) is 4.39 Å². The third-order valence-electron chi connectivity index (χ3n) is 6.14. The highest BCUT2D eigenvalue weighted by atomic mass is 19.1. The monoisotopic (exact) mass is 425 g/mol. The topological polar surface area (TPSA) is 61.4 Å².